The first-order valence-corrected chi connectivity index (χ1v) is 10.6. The van der Waals surface area contributed by atoms with Crippen LogP contribution in [-0.4, -0.2) is 42.2 Å². The predicted molar refractivity (Wildman–Crippen MR) is 109 cm³/mol. The van der Waals surface area contributed by atoms with Crippen molar-refractivity contribution in [2.75, 3.05) is 13.1 Å². The van der Waals surface area contributed by atoms with Crippen molar-refractivity contribution in [3.63, 3.8) is 0 Å². The third-order valence-electron chi connectivity index (χ3n) is 4.32. The monoisotopic (exact) mass is 419 g/mol. The van der Waals surface area contributed by atoms with E-state index in [4.69, 9.17) is 12.2 Å². The fourth-order valence-corrected chi connectivity index (χ4v) is 3.94. The summed E-state index contributed by atoms with van der Waals surface area (Å²) in [5.41, 5.74) is 0. The SMILES string of the molecule is Cn1c(CCNC(=O)CCNS(=O)(=O)c2ccc3ccccc3c2)n[nH]c1=S. The van der Waals surface area contributed by atoms with E-state index < -0.39 is 10.0 Å². The van der Waals surface area contributed by atoms with Gasteiger partial charge in [0.05, 0.1) is 4.90 Å². The average molecular weight is 420 g/mol. The highest BCUT2D eigenvalue weighted by Gasteiger charge is 2.14. The lowest BCUT2D eigenvalue weighted by Gasteiger charge is -2.08. The van der Waals surface area contributed by atoms with Gasteiger partial charge in [0.15, 0.2) is 4.77 Å². The number of H-pyrrole nitrogens is 1. The van der Waals surface area contributed by atoms with Crippen LogP contribution in [0.1, 0.15) is 12.2 Å². The van der Waals surface area contributed by atoms with Crippen LogP contribution in [0.4, 0.5) is 0 Å². The van der Waals surface area contributed by atoms with Crippen molar-refractivity contribution in [2.45, 2.75) is 17.7 Å². The van der Waals surface area contributed by atoms with Gasteiger partial charge < -0.3 is 9.88 Å². The zero-order chi connectivity index (χ0) is 20.1. The van der Waals surface area contributed by atoms with Gasteiger partial charge in [-0.05, 0) is 35.1 Å². The lowest BCUT2D eigenvalue weighted by Crippen LogP contribution is -2.32. The van der Waals surface area contributed by atoms with Crippen molar-refractivity contribution in [1.82, 2.24) is 24.8 Å². The number of nitrogens with zero attached hydrogens (tertiary/aromatic N) is 2. The predicted octanol–water partition coefficient (Wildman–Crippen LogP) is 1.66. The Morgan fingerprint density at radius 2 is 1.93 bits per heavy atom. The molecule has 3 N–H and O–H groups in total. The minimum absolute atomic E-state index is 0.0213. The Hall–Kier alpha value is -2.56. The summed E-state index contributed by atoms with van der Waals surface area (Å²) in [5.74, 6) is 0.500. The summed E-state index contributed by atoms with van der Waals surface area (Å²) in [6.45, 7) is 0.414. The van der Waals surface area contributed by atoms with Gasteiger partial charge in [0.1, 0.15) is 5.82 Å². The number of aromatic nitrogens is 3. The number of carbonyl (C=O) groups is 1. The van der Waals surface area contributed by atoms with E-state index in [0.717, 1.165) is 16.6 Å². The maximum Gasteiger partial charge on any atom is 0.240 e. The van der Waals surface area contributed by atoms with Gasteiger partial charge >= 0.3 is 0 Å². The molecule has 28 heavy (non-hydrogen) atoms. The third-order valence-corrected chi connectivity index (χ3v) is 6.14. The zero-order valence-electron chi connectivity index (χ0n) is 15.3. The lowest BCUT2D eigenvalue weighted by atomic mass is 10.1. The zero-order valence-corrected chi connectivity index (χ0v) is 16.9. The molecular weight excluding hydrogens is 398 g/mol. The van der Waals surface area contributed by atoms with Gasteiger partial charge in [0.25, 0.3) is 0 Å². The molecule has 3 aromatic rings. The maximum atomic E-state index is 12.4. The normalized spacial score (nSPS) is 11.6. The Bertz CT molecular complexity index is 1150. The quantitative estimate of drug-likeness (QED) is 0.481. The molecule has 0 bridgehead atoms. The van der Waals surface area contributed by atoms with E-state index in [1.165, 1.54) is 0 Å². The molecule has 148 valence electrons. The Morgan fingerprint density at radius 1 is 1.18 bits per heavy atom. The van der Waals surface area contributed by atoms with E-state index in [2.05, 4.69) is 20.2 Å². The van der Waals surface area contributed by atoms with Crippen molar-refractivity contribution in [2.24, 2.45) is 7.05 Å². The molecule has 0 aliphatic rings. The molecule has 0 aliphatic carbocycles. The third kappa shape index (κ3) is 4.83. The van der Waals surface area contributed by atoms with Gasteiger partial charge in [-0.15, -0.1) is 0 Å². The van der Waals surface area contributed by atoms with Crippen LogP contribution in [0, 0.1) is 4.77 Å². The molecule has 8 nitrogen and oxygen atoms in total. The highest BCUT2D eigenvalue weighted by molar-refractivity contribution is 7.89. The van der Waals surface area contributed by atoms with E-state index >= 15 is 0 Å². The minimum Gasteiger partial charge on any atom is -0.356 e. The van der Waals surface area contributed by atoms with Gasteiger partial charge in [-0.25, -0.2) is 13.1 Å². The molecular formula is C18H21N5O3S2. The molecule has 0 fully saturated rings. The van der Waals surface area contributed by atoms with Crippen LogP contribution in [0.25, 0.3) is 10.8 Å². The number of carbonyl (C=O) groups excluding carboxylic acids is 1. The summed E-state index contributed by atoms with van der Waals surface area (Å²) in [7, 11) is -1.88. The number of sulfonamides is 1. The number of amides is 1. The first-order chi connectivity index (χ1) is 13.4. The number of hydrogen-bond donors (Lipinski definition) is 3. The molecule has 0 spiro atoms. The van der Waals surface area contributed by atoms with Crippen molar-refractivity contribution in [3.8, 4) is 0 Å². The second kappa shape index (κ2) is 8.63. The van der Waals surface area contributed by atoms with Gasteiger partial charge in [-0.2, -0.15) is 5.10 Å². The van der Waals surface area contributed by atoms with Crippen molar-refractivity contribution in [3.05, 3.63) is 53.1 Å². The van der Waals surface area contributed by atoms with E-state index in [1.807, 2.05) is 24.3 Å². The molecule has 0 saturated heterocycles. The highest BCUT2D eigenvalue weighted by Crippen LogP contribution is 2.18. The van der Waals surface area contributed by atoms with Crippen LogP contribution in [0.2, 0.25) is 0 Å². The molecule has 1 aromatic heterocycles. The Morgan fingerprint density at radius 3 is 2.64 bits per heavy atom. The summed E-state index contributed by atoms with van der Waals surface area (Å²) >= 11 is 5.03. The molecule has 0 unspecified atom stereocenters. The maximum absolute atomic E-state index is 12.4. The average Bonchev–Trinajstić information content (AvgIpc) is 2.99. The standard InChI is InChI=1S/C18H21N5O3S2/c1-23-16(21-22-18(23)27)8-10-19-17(24)9-11-20-28(25,26)15-7-6-13-4-2-3-5-14(13)12-15/h2-7,12,20H,8-11H2,1H3,(H,19,24)(H,22,27). The number of nitrogens with one attached hydrogen (secondary N) is 3. The Kier molecular flexibility index (Phi) is 6.22. The van der Waals surface area contributed by atoms with E-state index in [9.17, 15) is 13.2 Å². The fourth-order valence-electron chi connectivity index (χ4n) is 2.72. The largest absolute Gasteiger partial charge is 0.356 e. The van der Waals surface area contributed by atoms with E-state index in [1.54, 1.807) is 29.8 Å². The first-order valence-electron chi connectivity index (χ1n) is 8.72. The van der Waals surface area contributed by atoms with Gasteiger partial charge in [0.2, 0.25) is 15.9 Å². The van der Waals surface area contributed by atoms with Crippen molar-refractivity contribution in [1.29, 1.82) is 0 Å². The smallest absolute Gasteiger partial charge is 0.240 e. The Balaban J connectivity index is 1.48. The molecule has 2 aromatic carbocycles. The summed E-state index contributed by atoms with van der Waals surface area (Å²) in [6, 6.07) is 12.5. The van der Waals surface area contributed by atoms with E-state index in [0.29, 0.717) is 17.7 Å². The molecule has 1 heterocycles. The number of rotatable bonds is 8. The summed E-state index contributed by atoms with van der Waals surface area (Å²) in [5, 5.41) is 11.3. The van der Waals surface area contributed by atoms with Crippen LogP contribution < -0.4 is 10.0 Å². The topological polar surface area (TPSA) is 109 Å². The molecule has 3 rings (SSSR count). The van der Waals surface area contributed by atoms with Crippen LogP contribution in [-0.2, 0) is 28.3 Å². The van der Waals surface area contributed by atoms with Crippen molar-refractivity contribution < 1.29 is 13.2 Å². The van der Waals surface area contributed by atoms with Crippen molar-refractivity contribution >= 4 is 38.9 Å². The Labute approximate surface area is 168 Å². The molecule has 0 radical (unpaired) electrons. The molecule has 0 atom stereocenters. The second-order valence-electron chi connectivity index (χ2n) is 6.26. The van der Waals surface area contributed by atoms with Crippen LogP contribution >= 0.6 is 12.2 Å². The molecule has 0 saturated carbocycles. The number of benzene rings is 2. The number of fused-ring (bicyclic) bond motifs is 1. The van der Waals surface area contributed by atoms with Crippen LogP contribution in [0.5, 0.6) is 0 Å². The van der Waals surface area contributed by atoms with Crippen LogP contribution in [0.15, 0.2) is 47.4 Å². The fraction of sp³-hybridized carbons (Fsp3) is 0.278. The molecule has 10 heteroatoms. The summed E-state index contributed by atoms with van der Waals surface area (Å²) in [6.07, 6.45) is 0.573. The molecule has 1 amide bonds. The summed E-state index contributed by atoms with van der Waals surface area (Å²) < 4.78 is 29.6. The number of aromatic amines is 1. The minimum atomic E-state index is -3.67. The van der Waals surface area contributed by atoms with E-state index in [-0.39, 0.29) is 23.8 Å². The van der Waals surface area contributed by atoms with Gasteiger partial charge in [-0.3, -0.25) is 9.89 Å². The molecule has 0 aliphatic heterocycles. The number of hydrogen-bond acceptors (Lipinski definition) is 5. The van der Waals surface area contributed by atoms with Gasteiger partial charge in [-0.1, -0.05) is 30.3 Å². The highest BCUT2D eigenvalue weighted by atomic mass is 32.2. The van der Waals surface area contributed by atoms with Gasteiger partial charge in [0, 0.05) is 33.0 Å². The lowest BCUT2D eigenvalue weighted by molar-refractivity contribution is -0.120. The first kappa shape index (κ1) is 20.2. The summed E-state index contributed by atoms with van der Waals surface area (Å²) in [4.78, 5) is 12.1. The second-order valence-corrected chi connectivity index (χ2v) is 8.41. The van der Waals surface area contributed by atoms with Crippen LogP contribution in [0.3, 0.4) is 0 Å².